The first-order valence-electron chi connectivity index (χ1n) is 9.59. The molecule has 4 rings (SSSR count). The molecule has 0 saturated carbocycles. The van der Waals surface area contributed by atoms with Crippen molar-refractivity contribution >= 4 is 17.5 Å². The molecule has 0 radical (unpaired) electrons. The predicted octanol–water partition coefficient (Wildman–Crippen LogP) is 3.50. The Hall–Kier alpha value is -2.82. The zero-order chi connectivity index (χ0) is 18.6. The van der Waals surface area contributed by atoms with E-state index in [1.165, 1.54) is 12.0 Å². The van der Waals surface area contributed by atoms with Gasteiger partial charge in [0.25, 0.3) is 11.8 Å². The summed E-state index contributed by atoms with van der Waals surface area (Å²) in [5, 5.41) is 2.76. The number of amides is 2. The summed E-state index contributed by atoms with van der Waals surface area (Å²) in [5.41, 5.74) is 2.56. The zero-order valence-electron chi connectivity index (χ0n) is 15.3. The SMILES string of the molecule is O=C1COc2ccc(C(=O)N3CCC(CCc4ccccc4)CC3)cc2N1. The molecule has 2 aromatic carbocycles. The summed E-state index contributed by atoms with van der Waals surface area (Å²) in [6.45, 7) is 1.60. The molecule has 140 valence electrons. The lowest BCUT2D eigenvalue weighted by molar-refractivity contribution is -0.118. The fourth-order valence-electron chi connectivity index (χ4n) is 3.84. The summed E-state index contributed by atoms with van der Waals surface area (Å²) in [6, 6.07) is 15.8. The number of carbonyl (C=O) groups excluding carboxylic acids is 2. The number of carbonyl (C=O) groups is 2. The zero-order valence-corrected chi connectivity index (χ0v) is 15.3. The number of nitrogens with one attached hydrogen (secondary N) is 1. The van der Waals surface area contributed by atoms with Gasteiger partial charge >= 0.3 is 0 Å². The van der Waals surface area contributed by atoms with Crippen LogP contribution in [-0.2, 0) is 11.2 Å². The topological polar surface area (TPSA) is 58.6 Å². The predicted molar refractivity (Wildman–Crippen MR) is 104 cm³/mol. The van der Waals surface area contributed by atoms with E-state index in [-0.39, 0.29) is 18.4 Å². The second-order valence-electron chi connectivity index (χ2n) is 7.31. The first kappa shape index (κ1) is 17.6. The van der Waals surface area contributed by atoms with E-state index in [1.807, 2.05) is 11.0 Å². The van der Waals surface area contributed by atoms with Crippen LogP contribution in [0.15, 0.2) is 48.5 Å². The van der Waals surface area contributed by atoms with Crippen LogP contribution < -0.4 is 10.1 Å². The summed E-state index contributed by atoms with van der Waals surface area (Å²) >= 11 is 0. The fraction of sp³-hybridized carbons (Fsp3) is 0.364. The summed E-state index contributed by atoms with van der Waals surface area (Å²) in [7, 11) is 0. The Bertz CT molecular complexity index is 827. The maximum Gasteiger partial charge on any atom is 0.262 e. The molecule has 2 aliphatic heterocycles. The van der Waals surface area contributed by atoms with Gasteiger partial charge in [-0.1, -0.05) is 30.3 Å². The molecule has 2 heterocycles. The quantitative estimate of drug-likeness (QED) is 0.903. The maximum absolute atomic E-state index is 12.8. The smallest absolute Gasteiger partial charge is 0.262 e. The Kier molecular flexibility index (Phi) is 5.10. The normalized spacial score (nSPS) is 17.0. The van der Waals surface area contributed by atoms with E-state index in [0.29, 0.717) is 22.9 Å². The van der Waals surface area contributed by atoms with Crippen LogP contribution in [0.25, 0.3) is 0 Å². The van der Waals surface area contributed by atoms with Crippen LogP contribution in [0.4, 0.5) is 5.69 Å². The molecule has 1 fully saturated rings. The van der Waals surface area contributed by atoms with Crippen molar-refractivity contribution < 1.29 is 14.3 Å². The molecule has 0 unspecified atom stereocenters. The molecule has 0 aliphatic carbocycles. The van der Waals surface area contributed by atoms with Crippen LogP contribution in [0.5, 0.6) is 5.75 Å². The van der Waals surface area contributed by atoms with Gasteiger partial charge in [-0.15, -0.1) is 0 Å². The van der Waals surface area contributed by atoms with E-state index in [0.717, 1.165) is 32.4 Å². The first-order valence-corrected chi connectivity index (χ1v) is 9.59. The number of benzene rings is 2. The molecule has 0 spiro atoms. The third-order valence-corrected chi connectivity index (χ3v) is 5.45. The van der Waals surface area contributed by atoms with E-state index in [9.17, 15) is 9.59 Å². The van der Waals surface area contributed by atoms with Crippen LogP contribution in [-0.4, -0.2) is 36.4 Å². The molecular weight excluding hydrogens is 340 g/mol. The number of piperidine rings is 1. The lowest BCUT2D eigenvalue weighted by atomic mass is 9.90. The van der Waals surface area contributed by atoms with Gasteiger partial charge in [-0.2, -0.15) is 0 Å². The van der Waals surface area contributed by atoms with Crippen molar-refractivity contribution in [3.8, 4) is 5.75 Å². The van der Waals surface area contributed by atoms with Crippen molar-refractivity contribution in [2.75, 3.05) is 25.0 Å². The van der Waals surface area contributed by atoms with Gasteiger partial charge in [0.15, 0.2) is 6.61 Å². The average molecular weight is 364 g/mol. The van der Waals surface area contributed by atoms with Gasteiger partial charge in [-0.3, -0.25) is 9.59 Å². The van der Waals surface area contributed by atoms with Crippen LogP contribution in [0.3, 0.4) is 0 Å². The lowest BCUT2D eigenvalue weighted by Gasteiger charge is -2.32. The molecule has 27 heavy (non-hydrogen) atoms. The number of aryl methyl sites for hydroxylation is 1. The molecule has 2 aliphatic rings. The molecule has 5 heteroatoms. The van der Waals surface area contributed by atoms with Gasteiger partial charge in [0.05, 0.1) is 5.69 Å². The summed E-state index contributed by atoms with van der Waals surface area (Å²) in [5.74, 6) is 1.13. The highest BCUT2D eigenvalue weighted by Crippen LogP contribution is 2.30. The second-order valence-corrected chi connectivity index (χ2v) is 7.31. The third kappa shape index (κ3) is 4.13. The van der Waals surface area contributed by atoms with Crippen molar-refractivity contribution in [3.63, 3.8) is 0 Å². The van der Waals surface area contributed by atoms with Crippen molar-refractivity contribution in [2.24, 2.45) is 5.92 Å². The number of likely N-dealkylation sites (tertiary alicyclic amines) is 1. The lowest BCUT2D eigenvalue weighted by Crippen LogP contribution is -2.38. The molecule has 0 atom stereocenters. The van der Waals surface area contributed by atoms with Crippen molar-refractivity contribution in [1.82, 2.24) is 4.90 Å². The maximum atomic E-state index is 12.8. The Balaban J connectivity index is 1.32. The molecule has 2 amide bonds. The Labute approximate surface area is 159 Å². The largest absolute Gasteiger partial charge is 0.482 e. The summed E-state index contributed by atoms with van der Waals surface area (Å²) < 4.78 is 5.36. The monoisotopic (exact) mass is 364 g/mol. The van der Waals surface area contributed by atoms with Crippen molar-refractivity contribution in [3.05, 3.63) is 59.7 Å². The van der Waals surface area contributed by atoms with Crippen LogP contribution in [0, 0.1) is 5.92 Å². The molecule has 0 aromatic heterocycles. The highest BCUT2D eigenvalue weighted by molar-refractivity contribution is 5.99. The first-order chi connectivity index (χ1) is 13.2. The molecule has 5 nitrogen and oxygen atoms in total. The number of ether oxygens (including phenoxy) is 1. The highest BCUT2D eigenvalue weighted by Gasteiger charge is 2.25. The number of hydrogen-bond donors (Lipinski definition) is 1. The Morgan fingerprint density at radius 2 is 1.89 bits per heavy atom. The molecule has 1 N–H and O–H groups in total. The van der Waals surface area contributed by atoms with Gasteiger partial charge in [-0.25, -0.2) is 0 Å². The van der Waals surface area contributed by atoms with Crippen molar-refractivity contribution in [1.29, 1.82) is 0 Å². The van der Waals surface area contributed by atoms with E-state index in [2.05, 4.69) is 29.6 Å². The van der Waals surface area contributed by atoms with Gasteiger partial charge in [-0.05, 0) is 55.4 Å². The number of hydrogen-bond acceptors (Lipinski definition) is 3. The molecular formula is C22H24N2O3. The number of nitrogens with zero attached hydrogens (tertiary/aromatic N) is 1. The van der Waals surface area contributed by atoms with Crippen LogP contribution in [0.1, 0.15) is 35.2 Å². The minimum atomic E-state index is -0.189. The standard InChI is InChI=1S/C22H24N2O3/c25-21-15-27-20-9-8-18(14-19(20)23-21)22(26)24-12-10-17(11-13-24)7-6-16-4-2-1-3-5-16/h1-5,8-9,14,17H,6-7,10-13,15H2,(H,23,25). The fourth-order valence-corrected chi connectivity index (χ4v) is 3.84. The minimum Gasteiger partial charge on any atom is -0.482 e. The van der Waals surface area contributed by atoms with Gasteiger partial charge < -0.3 is 15.0 Å². The number of anilines is 1. The average Bonchev–Trinajstić information content (AvgIpc) is 2.72. The third-order valence-electron chi connectivity index (χ3n) is 5.45. The molecule has 0 bridgehead atoms. The highest BCUT2D eigenvalue weighted by atomic mass is 16.5. The Morgan fingerprint density at radius 1 is 1.11 bits per heavy atom. The van der Waals surface area contributed by atoms with Crippen molar-refractivity contribution in [2.45, 2.75) is 25.7 Å². The van der Waals surface area contributed by atoms with E-state index >= 15 is 0 Å². The summed E-state index contributed by atoms with van der Waals surface area (Å²) in [6.07, 6.45) is 4.37. The summed E-state index contributed by atoms with van der Waals surface area (Å²) in [4.78, 5) is 26.2. The second kappa shape index (κ2) is 7.82. The molecule has 2 aromatic rings. The van der Waals surface area contributed by atoms with E-state index < -0.39 is 0 Å². The number of rotatable bonds is 4. The molecule has 1 saturated heterocycles. The van der Waals surface area contributed by atoms with Gasteiger partial charge in [0.2, 0.25) is 0 Å². The van der Waals surface area contributed by atoms with Crippen LogP contribution >= 0.6 is 0 Å². The van der Waals surface area contributed by atoms with E-state index in [1.54, 1.807) is 18.2 Å². The Morgan fingerprint density at radius 3 is 2.67 bits per heavy atom. The van der Waals surface area contributed by atoms with Crippen LogP contribution in [0.2, 0.25) is 0 Å². The number of fused-ring (bicyclic) bond motifs is 1. The van der Waals surface area contributed by atoms with Gasteiger partial charge in [0, 0.05) is 18.7 Å². The minimum absolute atomic E-state index is 0.0246. The van der Waals surface area contributed by atoms with Gasteiger partial charge in [0.1, 0.15) is 5.75 Å². The van der Waals surface area contributed by atoms with E-state index in [4.69, 9.17) is 4.74 Å².